The number of hydrogen-bond donors (Lipinski definition) is 6. The number of fused-ring (bicyclic) bond motifs is 4. The van der Waals surface area contributed by atoms with Crippen molar-refractivity contribution in [2.45, 2.75) is 175 Å². The fourth-order valence-electron chi connectivity index (χ4n) is 8.08. The van der Waals surface area contributed by atoms with E-state index in [0.717, 1.165) is 53.0 Å². The van der Waals surface area contributed by atoms with Crippen LogP contribution in [-0.4, -0.2) is 146 Å². The number of halogens is 17. The normalized spacial score (nSPS) is 18.0. The van der Waals surface area contributed by atoms with Crippen LogP contribution < -0.4 is 21.3 Å². The number of aromatic nitrogens is 8. The number of nitrogens with one attached hydrogen (secondary N) is 4. The molecule has 0 saturated carbocycles. The molecule has 0 spiro atoms. The second-order valence-electron chi connectivity index (χ2n) is 21.1. The average molecular weight is 1300 g/mol. The Labute approximate surface area is 490 Å². The van der Waals surface area contributed by atoms with E-state index >= 15 is 0 Å². The summed E-state index contributed by atoms with van der Waals surface area (Å²) in [4.78, 5) is 77.4. The minimum Gasteiger partial charge on any atom is -0.475 e. The smallest absolute Gasteiger partial charge is 0.475 e. The van der Waals surface area contributed by atoms with Crippen molar-refractivity contribution in [2.75, 3.05) is 13.1 Å². The van der Waals surface area contributed by atoms with E-state index in [9.17, 15) is 93.8 Å². The monoisotopic (exact) mass is 1300 g/mol. The standard InChI is InChI=1S/C13H19F2N3O.C12H16F3N3O.2C11H14F3N3O.2C2HF3O2/c1-8(13(3,14)15)4-11(19)12-10-5-16-9(2)6-18(10)7-17-12;1-7(12(13,14)15)3-11(19)9-4-17-18-6-8(2)16-5-10(9)18;2*1-7(11(12,13)14)4-9(18)10-8-5-15-2-3-17(8)6-16-10;2*3-2(4,5)1(6)7/h7-9,16H,4-6H2,1-3H3;4,7-8,16H,3,5-6H2,1-2H3;2*6-7,15H,2-5H2,1H3;2*(H,6,7)/t8-,9-;7-,8-;2*7-;;/m0000../s1. The van der Waals surface area contributed by atoms with E-state index in [4.69, 9.17) is 19.8 Å². The molecule has 4 aromatic heterocycles. The lowest BCUT2D eigenvalue weighted by Gasteiger charge is -2.23. The number of alkyl halides is 17. The lowest BCUT2D eigenvalue weighted by Crippen LogP contribution is -2.37. The van der Waals surface area contributed by atoms with Gasteiger partial charge in [0.2, 0.25) is 5.92 Å². The maximum Gasteiger partial charge on any atom is 0.490 e. The van der Waals surface area contributed by atoms with Gasteiger partial charge in [-0.05, 0) is 20.8 Å². The molecule has 4 aromatic rings. The molecule has 8 heterocycles. The molecule has 20 nitrogen and oxygen atoms in total. The van der Waals surface area contributed by atoms with Crippen molar-refractivity contribution in [1.29, 1.82) is 0 Å². The fourth-order valence-corrected chi connectivity index (χ4v) is 8.08. The summed E-state index contributed by atoms with van der Waals surface area (Å²) in [6.07, 6.45) is -19.0. The van der Waals surface area contributed by atoms with Crippen molar-refractivity contribution in [3.05, 3.63) is 70.6 Å². The highest BCUT2D eigenvalue weighted by Gasteiger charge is 2.42. The summed E-state index contributed by atoms with van der Waals surface area (Å²) in [5.41, 5.74) is 3.80. The van der Waals surface area contributed by atoms with Crippen LogP contribution >= 0.6 is 0 Å². The molecule has 88 heavy (non-hydrogen) atoms. The van der Waals surface area contributed by atoms with E-state index in [0.29, 0.717) is 80.2 Å². The Morgan fingerprint density at radius 1 is 0.500 bits per heavy atom. The predicted octanol–water partition coefficient (Wildman–Crippen LogP) is 9.17. The van der Waals surface area contributed by atoms with Crippen LogP contribution in [0.15, 0.2) is 25.2 Å². The molecule has 6 atom stereocenters. The van der Waals surface area contributed by atoms with Crippen molar-refractivity contribution >= 4 is 35.1 Å². The average Bonchev–Trinajstić information content (AvgIpc) is 2.64. The summed E-state index contributed by atoms with van der Waals surface area (Å²) in [5.74, 6) is -16.1. The fraction of sp³-hybridized carbons (Fsp3) is 0.647. The van der Waals surface area contributed by atoms with Crippen molar-refractivity contribution in [1.82, 2.24) is 59.7 Å². The second kappa shape index (κ2) is 31.0. The molecule has 6 N–H and O–H groups in total. The first kappa shape index (κ1) is 75.4. The number of nitrogens with zero attached hydrogens (tertiary/aromatic N) is 8. The van der Waals surface area contributed by atoms with Crippen LogP contribution in [0.5, 0.6) is 0 Å². The van der Waals surface area contributed by atoms with Crippen LogP contribution in [0.3, 0.4) is 0 Å². The van der Waals surface area contributed by atoms with Gasteiger partial charge in [-0.2, -0.15) is 71.0 Å². The molecular formula is C51H65F17N12O8. The molecule has 0 aliphatic carbocycles. The number of ketones is 4. The molecule has 0 aromatic carbocycles. The topological polar surface area (TPSA) is 262 Å². The number of carboxylic acid groups (broad SMARTS) is 2. The highest BCUT2D eigenvalue weighted by Crippen LogP contribution is 2.33. The van der Waals surface area contributed by atoms with Gasteiger partial charge in [-0.15, -0.1) is 0 Å². The van der Waals surface area contributed by atoms with Gasteiger partial charge < -0.3 is 45.2 Å². The molecule has 8 rings (SSSR count). The molecule has 4 aliphatic heterocycles. The van der Waals surface area contributed by atoms with Crippen molar-refractivity contribution in [3.63, 3.8) is 0 Å². The zero-order chi connectivity index (χ0) is 67.2. The third-order valence-corrected chi connectivity index (χ3v) is 13.7. The number of carbonyl (C=O) groups excluding carboxylic acids is 4. The quantitative estimate of drug-likeness (QED) is 0.0538. The largest absolute Gasteiger partial charge is 0.490 e. The Bertz CT molecular complexity index is 2800. The Kier molecular flexibility index (Phi) is 26.6. The minimum atomic E-state index is -5.08. The van der Waals surface area contributed by atoms with Gasteiger partial charge >= 0.3 is 42.8 Å². The first-order chi connectivity index (χ1) is 40.2. The Balaban J connectivity index is 0.000000286. The van der Waals surface area contributed by atoms with E-state index in [1.165, 1.54) is 25.8 Å². The van der Waals surface area contributed by atoms with Gasteiger partial charge in [0.15, 0.2) is 23.1 Å². The van der Waals surface area contributed by atoms with Gasteiger partial charge in [-0.25, -0.2) is 33.3 Å². The number of carbonyl (C=O) groups is 6. The van der Waals surface area contributed by atoms with Gasteiger partial charge in [0.05, 0.1) is 77.8 Å². The molecule has 0 fully saturated rings. The molecule has 37 heteroatoms. The minimum absolute atomic E-state index is 0.165. The van der Waals surface area contributed by atoms with E-state index in [1.54, 1.807) is 11.0 Å². The maximum absolute atomic E-state index is 13.1. The number of hydrogen-bond acceptors (Lipinski definition) is 14. The van der Waals surface area contributed by atoms with Crippen LogP contribution in [0.2, 0.25) is 0 Å². The van der Waals surface area contributed by atoms with Gasteiger partial charge in [-0.1, -0.05) is 27.7 Å². The molecular weight excluding hydrogens is 1230 g/mol. The first-order valence-corrected chi connectivity index (χ1v) is 26.6. The SMILES string of the molecule is C[C@@H](CC(=O)c1ncn2c1CNCC2)C(F)(F)F.C[C@@H](CC(=O)c1ncn2c1CNCC2)C(F)(F)F.C[C@H]1Cn2cnc(C(=O)C[C@H](C)C(C)(F)F)c2CN1.C[C@H]1Cn2ncc(C(=O)C[C@H](C)C(F)(F)F)c2CN1.O=C(O)C(F)(F)F.O=C(O)C(F)(F)F. The lowest BCUT2D eigenvalue weighted by atomic mass is 9.96. The van der Waals surface area contributed by atoms with E-state index < -0.39 is 109 Å². The molecule has 0 saturated heterocycles. The molecule has 0 bridgehead atoms. The van der Waals surface area contributed by atoms with Gasteiger partial charge in [0, 0.05) is 103 Å². The summed E-state index contributed by atoms with van der Waals surface area (Å²) in [6, 6.07) is 0.563. The number of aliphatic carboxylic acids is 2. The van der Waals surface area contributed by atoms with Crippen LogP contribution in [-0.2, 0) is 61.9 Å². The van der Waals surface area contributed by atoms with Crippen molar-refractivity contribution in [2.24, 2.45) is 23.7 Å². The first-order valence-electron chi connectivity index (χ1n) is 26.6. The molecule has 0 radical (unpaired) electrons. The Morgan fingerprint density at radius 2 is 0.818 bits per heavy atom. The Hall–Kier alpha value is -6.89. The van der Waals surface area contributed by atoms with Gasteiger partial charge in [0.1, 0.15) is 17.1 Å². The maximum atomic E-state index is 13.1. The second-order valence-corrected chi connectivity index (χ2v) is 21.1. The van der Waals surface area contributed by atoms with E-state index in [-0.39, 0.29) is 29.6 Å². The number of rotatable bonds is 13. The lowest BCUT2D eigenvalue weighted by molar-refractivity contribution is -0.193. The summed E-state index contributed by atoms with van der Waals surface area (Å²) in [7, 11) is 0. The van der Waals surface area contributed by atoms with E-state index in [2.05, 4.69) is 41.3 Å². The van der Waals surface area contributed by atoms with Crippen molar-refractivity contribution < 1.29 is 114 Å². The number of imidazole rings is 3. The Morgan fingerprint density at radius 3 is 1.17 bits per heavy atom. The summed E-state index contributed by atoms with van der Waals surface area (Å²) in [6.45, 7) is 15.6. The number of carboxylic acids is 2. The zero-order valence-corrected chi connectivity index (χ0v) is 48.0. The van der Waals surface area contributed by atoms with Crippen LogP contribution in [0.25, 0.3) is 0 Å². The molecule has 4 aliphatic rings. The van der Waals surface area contributed by atoms with E-state index in [1.807, 2.05) is 27.5 Å². The summed E-state index contributed by atoms with van der Waals surface area (Å²) < 4.78 is 209. The third kappa shape index (κ3) is 22.9. The summed E-state index contributed by atoms with van der Waals surface area (Å²) in [5, 5.41) is 30.9. The third-order valence-electron chi connectivity index (χ3n) is 13.7. The number of Topliss-reactive ketones (excluding diaryl/α,β-unsaturated/α-hetero) is 4. The highest BCUT2D eigenvalue weighted by molar-refractivity contribution is 5.98. The van der Waals surface area contributed by atoms with Crippen LogP contribution in [0.1, 0.15) is 139 Å². The van der Waals surface area contributed by atoms with Gasteiger partial charge in [-0.3, -0.25) is 23.9 Å². The van der Waals surface area contributed by atoms with Crippen LogP contribution in [0, 0.1) is 23.7 Å². The van der Waals surface area contributed by atoms with Crippen molar-refractivity contribution in [3.8, 4) is 0 Å². The predicted molar refractivity (Wildman–Crippen MR) is 274 cm³/mol. The molecule has 0 amide bonds. The van der Waals surface area contributed by atoms with Gasteiger partial charge in [0.25, 0.3) is 0 Å². The molecule has 496 valence electrons. The summed E-state index contributed by atoms with van der Waals surface area (Å²) >= 11 is 0. The van der Waals surface area contributed by atoms with Crippen LogP contribution in [0.4, 0.5) is 74.6 Å². The zero-order valence-electron chi connectivity index (χ0n) is 48.0. The molecule has 0 unspecified atom stereocenters. The highest BCUT2D eigenvalue weighted by atomic mass is 19.4.